The van der Waals surface area contributed by atoms with Crippen molar-refractivity contribution in [2.24, 2.45) is 0 Å². The molecule has 0 saturated carbocycles. The van der Waals surface area contributed by atoms with Gasteiger partial charge in [0.05, 0.1) is 25.8 Å². The molecule has 2 aromatic carbocycles. The zero-order valence-corrected chi connectivity index (χ0v) is 16.2. The van der Waals surface area contributed by atoms with Crippen LogP contribution in [0.25, 0.3) is 0 Å². The van der Waals surface area contributed by atoms with Gasteiger partial charge in [-0.05, 0) is 28.8 Å². The number of amides is 1. The molecule has 2 aromatic rings. The van der Waals surface area contributed by atoms with Crippen molar-refractivity contribution >= 4 is 17.8 Å². The second kappa shape index (κ2) is 8.25. The molecule has 2 atom stereocenters. The summed E-state index contributed by atoms with van der Waals surface area (Å²) in [6, 6.07) is 13.6. The first-order valence-corrected chi connectivity index (χ1v) is 9.16. The first kappa shape index (κ1) is 19.6. The van der Waals surface area contributed by atoms with Gasteiger partial charge < -0.3 is 14.4 Å². The van der Waals surface area contributed by atoms with Crippen molar-refractivity contribution in [3.05, 3.63) is 70.8 Å². The Labute approximate surface area is 164 Å². The summed E-state index contributed by atoms with van der Waals surface area (Å²) < 4.78 is 9.74. The molecular formula is C22H23NO5. The minimum absolute atomic E-state index is 0.132. The number of methoxy groups -OCH3 is 2. The zero-order valence-electron chi connectivity index (χ0n) is 16.2. The van der Waals surface area contributed by atoms with E-state index < -0.39 is 24.0 Å². The molecule has 28 heavy (non-hydrogen) atoms. The maximum Gasteiger partial charge on any atom is 0.337 e. The van der Waals surface area contributed by atoms with Gasteiger partial charge in [0.15, 0.2) is 0 Å². The van der Waals surface area contributed by atoms with Gasteiger partial charge in [-0.15, -0.1) is 0 Å². The quantitative estimate of drug-likeness (QED) is 0.762. The Balaban J connectivity index is 2.14. The first-order valence-electron chi connectivity index (χ1n) is 9.16. The summed E-state index contributed by atoms with van der Waals surface area (Å²) in [6.45, 7) is 1.77. The number of hydrogen-bond donors (Lipinski definition) is 0. The van der Waals surface area contributed by atoms with E-state index in [1.165, 1.54) is 14.2 Å². The van der Waals surface area contributed by atoms with Crippen molar-refractivity contribution < 1.29 is 23.9 Å². The molecule has 146 valence electrons. The van der Waals surface area contributed by atoms with Crippen molar-refractivity contribution in [1.29, 1.82) is 0 Å². The van der Waals surface area contributed by atoms with Crippen LogP contribution in [0.15, 0.2) is 48.5 Å². The molecule has 6 nitrogen and oxygen atoms in total. The molecule has 0 aromatic heterocycles. The average molecular weight is 381 g/mol. The van der Waals surface area contributed by atoms with E-state index in [1.807, 2.05) is 24.3 Å². The Bertz CT molecular complexity index is 890. The van der Waals surface area contributed by atoms with Crippen LogP contribution in [-0.2, 0) is 25.5 Å². The normalized spacial score (nSPS) is 18.2. The lowest BCUT2D eigenvalue weighted by Gasteiger charge is -2.42. The molecule has 0 bridgehead atoms. The molecule has 6 heteroatoms. The Morgan fingerprint density at radius 1 is 1.00 bits per heavy atom. The van der Waals surface area contributed by atoms with Gasteiger partial charge in [0.25, 0.3) is 0 Å². The summed E-state index contributed by atoms with van der Waals surface area (Å²) in [5, 5.41) is 0. The molecule has 0 fully saturated rings. The van der Waals surface area contributed by atoms with E-state index in [2.05, 4.69) is 0 Å². The zero-order chi connectivity index (χ0) is 20.3. The molecule has 1 heterocycles. The Kier molecular flexibility index (Phi) is 5.78. The van der Waals surface area contributed by atoms with Gasteiger partial charge >= 0.3 is 11.9 Å². The summed E-state index contributed by atoms with van der Waals surface area (Å²) in [7, 11) is 2.66. The number of rotatable bonds is 4. The van der Waals surface area contributed by atoms with Gasteiger partial charge in [-0.3, -0.25) is 4.79 Å². The van der Waals surface area contributed by atoms with Gasteiger partial charge in [-0.2, -0.15) is 0 Å². The topological polar surface area (TPSA) is 72.9 Å². The highest BCUT2D eigenvalue weighted by atomic mass is 16.5. The molecule has 0 saturated heterocycles. The Morgan fingerprint density at radius 2 is 1.68 bits per heavy atom. The second-order valence-corrected chi connectivity index (χ2v) is 6.61. The molecule has 0 N–H and O–H groups in total. The number of hydrogen-bond acceptors (Lipinski definition) is 5. The SMILES string of the molecule is CCC(=O)N1[C@@H](c2ccc(C(=O)OC)cc2)c2ccccc2C[C@@H]1C(=O)OC. The molecule has 0 radical (unpaired) electrons. The highest BCUT2D eigenvalue weighted by molar-refractivity contribution is 5.89. The molecule has 1 aliphatic heterocycles. The molecule has 1 amide bonds. The maximum atomic E-state index is 12.9. The van der Waals surface area contributed by atoms with Crippen molar-refractivity contribution in [3.63, 3.8) is 0 Å². The number of esters is 2. The third-order valence-corrected chi connectivity index (χ3v) is 5.09. The number of carbonyl (C=O) groups is 3. The number of ether oxygens (including phenoxy) is 2. The Hall–Kier alpha value is -3.15. The predicted molar refractivity (Wildman–Crippen MR) is 103 cm³/mol. The third-order valence-electron chi connectivity index (χ3n) is 5.09. The average Bonchev–Trinajstić information content (AvgIpc) is 2.76. The summed E-state index contributed by atoms with van der Waals surface area (Å²) in [4.78, 5) is 38.7. The molecular weight excluding hydrogens is 358 g/mol. The molecule has 1 aliphatic rings. The highest BCUT2D eigenvalue weighted by Crippen LogP contribution is 2.38. The largest absolute Gasteiger partial charge is 0.467 e. The summed E-state index contributed by atoms with van der Waals surface area (Å²) in [5.41, 5.74) is 3.21. The van der Waals surface area contributed by atoms with Crippen molar-refractivity contribution in [1.82, 2.24) is 4.90 Å². The van der Waals surface area contributed by atoms with E-state index in [0.29, 0.717) is 12.0 Å². The minimum atomic E-state index is -0.697. The monoisotopic (exact) mass is 381 g/mol. The van der Waals surface area contributed by atoms with Gasteiger partial charge in [-0.1, -0.05) is 43.3 Å². The molecule has 0 unspecified atom stereocenters. The van der Waals surface area contributed by atoms with E-state index in [1.54, 1.807) is 36.1 Å². The third kappa shape index (κ3) is 3.50. The van der Waals surface area contributed by atoms with Crippen molar-refractivity contribution in [2.45, 2.75) is 31.8 Å². The van der Waals surface area contributed by atoms with Crippen LogP contribution < -0.4 is 0 Å². The van der Waals surface area contributed by atoms with Crippen LogP contribution in [0.5, 0.6) is 0 Å². The van der Waals surface area contributed by atoms with Crippen LogP contribution in [0.1, 0.15) is 46.4 Å². The summed E-state index contributed by atoms with van der Waals surface area (Å²) >= 11 is 0. The molecule has 0 aliphatic carbocycles. The molecule has 0 spiro atoms. The van der Waals surface area contributed by atoms with Crippen LogP contribution in [0.4, 0.5) is 0 Å². The van der Waals surface area contributed by atoms with Gasteiger partial charge in [-0.25, -0.2) is 9.59 Å². The standard InChI is InChI=1S/C22H23NO5/c1-4-19(24)23-18(22(26)28-3)13-16-7-5-6-8-17(16)20(23)14-9-11-15(12-10-14)21(25)27-2/h5-12,18,20H,4,13H2,1-3H3/t18-,20+/m1/s1. The van der Waals surface area contributed by atoms with E-state index >= 15 is 0 Å². The van der Waals surface area contributed by atoms with E-state index in [4.69, 9.17) is 9.47 Å². The predicted octanol–water partition coefficient (Wildman–Crippen LogP) is 2.90. The minimum Gasteiger partial charge on any atom is -0.467 e. The van der Waals surface area contributed by atoms with Crippen LogP contribution in [-0.4, -0.2) is 43.0 Å². The number of fused-ring (bicyclic) bond motifs is 1. The van der Waals surface area contributed by atoms with Crippen molar-refractivity contribution in [2.75, 3.05) is 14.2 Å². The van der Waals surface area contributed by atoms with Crippen LogP contribution >= 0.6 is 0 Å². The van der Waals surface area contributed by atoms with Crippen LogP contribution in [0.3, 0.4) is 0 Å². The first-order chi connectivity index (χ1) is 13.5. The fourth-order valence-corrected chi connectivity index (χ4v) is 3.72. The smallest absolute Gasteiger partial charge is 0.337 e. The van der Waals surface area contributed by atoms with Crippen LogP contribution in [0, 0.1) is 0 Å². The second-order valence-electron chi connectivity index (χ2n) is 6.61. The van der Waals surface area contributed by atoms with E-state index in [-0.39, 0.29) is 12.3 Å². The Morgan fingerprint density at radius 3 is 2.29 bits per heavy atom. The van der Waals surface area contributed by atoms with Crippen molar-refractivity contribution in [3.8, 4) is 0 Å². The number of benzene rings is 2. The fourth-order valence-electron chi connectivity index (χ4n) is 3.72. The fraction of sp³-hybridized carbons (Fsp3) is 0.318. The lowest BCUT2D eigenvalue weighted by atomic mass is 9.84. The van der Waals surface area contributed by atoms with Gasteiger partial charge in [0.1, 0.15) is 6.04 Å². The van der Waals surface area contributed by atoms with Crippen LogP contribution in [0.2, 0.25) is 0 Å². The van der Waals surface area contributed by atoms with Gasteiger partial charge in [0, 0.05) is 12.8 Å². The van der Waals surface area contributed by atoms with Gasteiger partial charge in [0.2, 0.25) is 5.91 Å². The molecule has 3 rings (SSSR count). The number of carbonyl (C=O) groups excluding carboxylic acids is 3. The number of nitrogens with zero attached hydrogens (tertiary/aromatic N) is 1. The highest BCUT2D eigenvalue weighted by Gasteiger charge is 2.41. The lowest BCUT2D eigenvalue weighted by Crippen LogP contribution is -2.51. The van der Waals surface area contributed by atoms with E-state index in [9.17, 15) is 14.4 Å². The lowest BCUT2D eigenvalue weighted by molar-refractivity contribution is -0.155. The summed E-state index contributed by atoms with van der Waals surface area (Å²) in [5.74, 6) is -0.996. The summed E-state index contributed by atoms with van der Waals surface area (Å²) in [6.07, 6.45) is 0.678. The maximum absolute atomic E-state index is 12.9. The van der Waals surface area contributed by atoms with E-state index in [0.717, 1.165) is 16.7 Å².